The number of ether oxygens (including phenoxy) is 1. The Hall–Kier alpha value is -1.94. The molecule has 0 atom stereocenters. The normalized spacial score (nSPS) is 9.64. The number of thiocarbonyl (C=S) groups is 1. The van der Waals surface area contributed by atoms with Gasteiger partial charge in [0.15, 0.2) is 0 Å². The van der Waals surface area contributed by atoms with Crippen LogP contribution >= 0.6 is 24.8 Å². The summed E-state index contributed by atoms with van der Waals surface area (Å²) in [6.07, 6.45) is 5.42. The molecule has 0 unspecified atom stereocenters. The summed E-state index contributed by atoms with van der Waals surface area (Å²) in [5.74, 6) is 0.384. The zero-order chi connectivity index (χ0) is 16.4. The van der Waals surface area contributed by atoms with Crippen molar-refractivity contribution in [3.8, 4) is 5.75 Å². The summed E-state index contributed by atoms with van der Waals surface area (Å²) in [6, 6.07) is 12.4. The minimum atomic E-state index is -0.417. The number of rotatable bonds is 4. The van der Waals surface area contributed by atoms with Crippen molar-refractivity contribution in [3.05, 3.63) is 59.4 Å². The van der Waals surface area contributed by atoms with Gasteiger partial charge in [-0.1, -0.05) is 30.4 Å². The molecule has 0 amide bonds. The Bertz CT molecular complexity index is 678. The van der Waals surface area contributed by atoms with E-state index in [1.54, 1.807) is 25.5 Å². The van der Waals surface area contributed by atoms with E-state index >= 15 is 0 Å². The summed E-state index contributed by atoms with van der Waals surface area (Å²) >= 11 is 7.98. The molecule has 0 spiro atoms. The van der Waals surface area contributed by atoms with Crippen LogP contribution in [-0.4, -0.2) is 18.5 Å². The molecule has 2 rings (SSSR count). The maximum atomic E-state index is 13.6. The maximum Gasteiger partial charge on any atom is 0.150 e. The van der Waals surface area contributed by atoms with E-state index in [1.807, 2.05) is 36.4 Å². The minimum Gasteiger partial charge on any atom is -0.497 e. The SMILES string of the molecule is COc1ccc(C=Cc2ccc(N=C=S)c(F)c2)cc1.CS. The van der Waals surface area contributed by atoms with Crippen molar-refractivity contribution in [3.63, 3.8) is 0 Å². The van der Waals surface area contributed by atoms with Crippen LogP contribution in [0.15, 0.2) is 47.5 Å². The van der Waals surface area contributed by atoms with Crippen LogP contribution in [0, 0.1) is 5.82 Å². The van der Waals surface area contributed by atoms with Gasteiger partial charge in [-0.05, 0) is 53.9 Å². The molecule has 0 bridgehead atoms. The average molecular weight is 333 g/mol. The largest absolute Gasteiger partial charge is 0.497 e. The Kier molecular flexibility index (Phi) is 8.15. The highest BCUT2D eigenvalue weighted by atomic mass is 32.1. The molecule has 114 valence electrons. The molecule has 5 heteroatoms. The Morgan fingerprint density at radius 3 is 2.23 bits per heavy atom. The molecule has 0 fully saturated rings. The summed E-state index contributed by atoms with van der Waals surface area (Å²) in [7, 11) is 1.62. The lowest BCUT2D eigenvalue weighted by Crippen LogP contribution is -1.81. The maximum absolute atomic E-state index is 13.6. The van der Waals surface area contributed by atoms with Crippen LogP contribution in [-0.2, 0) is 0 Å². The van der Waals surface area contributed by atoms with Crippen LogP contribution in [0.1, 0.15) is 11.1 Å². The smallest absolute Gasteiger partial charge is 0.150 e. The van der Waals surface area contributed by atoms with Gasteiger partial charge in [-0.25, -0.2) is 4.39 Å². The molecule has 0 heterocycles. The molecule has 2 aromatic rings. The van der Waals surface area contributed by atoms with Gasteiger partial charge in [0.25, 0.3) is 0 Å². The summed E-state index contributed by atoms with van der Waals surface area (Å²) in [5, 5.41) is 2.15. The molecule has 0 saturated heterocycles. The molecule has 0 aromatic heterocycles. The topological polar surface area (TPSA) is 21.6 Å². The second-order valence-corrected chi connectivity index (χ2v) is 4.20. The summed E-state index contributed by atoms with van der Waals surface area (Å²) < 4.78 is 18.7. The standard InChI is InChI=1S/C16H12FNOS.CH4S/c1-19-14-7-4-12(5-8-14)2-3-13-6-9-16(18-11-20)15(17)10-13;1-2/h2-10H,1H3;2H,1H3. The second-order valence-electron chi connectivity index (χ2n) is 4.02. The van der Waals surface area contributed by atoms with E-state index in [1.165, 1.54) is 6.07 Å². The molecule has 22 heavy (non-hydrogen) atoms. The van der Waals surface area contributed by atoms with Gasteiger partial charge in [0.2, 0.25) is 0 Å². The third kappa shape index (κ3) is 5.45. The summed E-state index contributed by atoms with van der Waals surface area (Å²) in [6.45, 7) is 0. The van der Waals surface area contributed by atoms with Crippen LogP contribution in [0.25, 0.3) is 12.2 Å². The first-order valence-corrected chi connectivity index (χ1v) is 7.67. The summed E-state index contributed by atoms with van der Waals surface area (Å²) in [4.78, 5) is 3.64. The third-order valence-corrected chi connectivity index (χ3v) is 2.81. The van der Waals surface area contributed by atoms with Crippen molar-refractivity contribution >= 4 is 47.8 Å². The number of aliphatic imine (C=N–C) groups is 1. The Balaban J connectivity index is 0.00000116. The predicted octanol–water partition coefficient (Wildman–Crippen LogP) is 5.29. The lowest BCUT2D eigenvalue weighted by molar-refractivity contribution is 0.415. The van der Waals surface area contributed by atoms with Crippen molar-refractivity contribution in [1.82, 2.24) is 0 Å². The van der Waals surface area contributed by atoms with Crippen molar-refractivity contribution < 1.29 is 9.13 Å². The van der Waals surface area contributed by atoms with E-state index in [-0.39, 0.29) is 5.69 Å². The number of hydrogen-bond donors (Lipinski definition) is 1. The molecule has 0 aliphatic carbocycles. The van der Waals surface area contributed by atoms with Gasteiger partial charge in [0, 0.05) is 0 Å². The lowest BCUT2D eigenvalue weighted by Gasteiger charge is -2.00. The highest BCUT2D eigenvalue weighted by Gasteiger charge is 2.00. The lowest BCUT2D eigenvalue weighted by atomic mass is 10.1. The monoisotopic (exact) mass is 333 g/mol. The van der Waals surface area contributed by atoms with Gasteiger partial charge in [-0.3, -0.25) is 0 Å². The van der Waals surface area contributed by atoms with Crippen LogP contribution in [0.3, 0.4) is 0 Å². The first-order valence-electron chi connectivity index (χ1n) is 6.37. The fraction of sp³-hybridized carbons (Fsp3) is 0.118. The van der Waals surface area contributed by atoms with E-state index < -0.39 is 5.82 Å². The summed E-state index contributed by atoms with van der Waals surface area (Å²) in [5.41, 5.74) is 1.95. The molecule has 0 radical (unpaired) electrons. The zero-order valence-corrected chi connectivity index (χ0v) is 14.0. The number of halogens is 1. The van der Waals surface area contributed by atoms with Crippen molar-refractivity contribution in [1.29, 1.82) is 0 Å². The fourth-order valence-electron chi connectivity index (χ4n) is 1.67. The number of nitrogens with zero attached hydrogens (tertiary/aromatic N) is 1. The number of hydrogen-bond acceptors (Lipinski definition) is 4. The van der Waals surface area contributed by atoms with Crippen LogP contribution in [0.2, 0.25) is 0 Å². The van der Waals surface area contributed by atoms with Crippen molar-refractivity contribution in [2.75, 3.05) is 13.4 Å². The Labute approximate surface area is 140 Å². The van der Waals surface area contributed by atoms with E-state index in [2.05, 4.69) is 35.0 Å². The molecule has 0 N–H and O–H groups in total. The molecule has 0 saturated carbocycles. The van der Waals surface area contributed by atoms with Gasteiger partial charge in [0.1, 0.15) is 17.3 Å². The van der Waals surface area contributed by atoms with E-state index in [9.17, 15) is 4.39 Å². The number of methoxy groups -OCH3 is 1. The van der Waals surface area contributed by atoms with Crippen molar-refractivity contribution in [2.45, 2.75) is 0 Å². The van der Waals surface area contributed by atoms with Gasteiger partial charge in [0.05, 0.1) is 12.3 Å². The molecular formula is C17H16FNOS2. The highest BCUT2D eigenvalue weighted by molar-refractivity contribution is 7.79. The highest BCUT2D eigenvalue weighted by Crippen LogP contribution is 2.20. The Morgan fingerprint density at radius 1 is 1.09 bits per heavy atom. The minimum absolute atomic E-state index is 0.196. The van der Waals surface area contributed by atoms with Crippen LogP contribution < -0.4 is 4.74 Å². The first kappa shape index (κ1) is 18.1. The van der Waals surface area contributed by atoms with E-state index in [0.717, 1.165) is 16.9 Å². The van der Waals surface area contributed by atoms with Crippen LogP contribution in [0.4, 0.5) is 10.1 Å². The molecule has 2 aromatic carbocycles. The van der Waals surface area contributed by atoms with Crippen molar-refractivity contribution in [2.24, 2.45) is 4.99 Å². The second kappa shape index (κ2) is 9.90. The fourth-order valence-corrected chi connectivity index (χ4v) is 1.77. The zero-order valence-electron chi connectivity index (χ0n) is 12.3. The quantitative estimate of drug-likeness (QED) is 0.355. The van der Waals surface area contributed by atoms with Gasteiger partial charge >= 0.3 is 0 Å². The molecule has 0 aliphatic heterocycles. The van der Waals surface area contributed by atoms with Gasteiger partial charge < -0.3 is 4.74 Å². The predicted molar refractivity (Wildman–Crippen MR) is 97.9 cm³/mol. The first-order chi connectivity index (χ1) is 10.7. The van der Waals surface area contributed by atoms with E-state index in [4.69, 9.17) is 4.74 Å². The van der Waals surface area contributed by atoms with E-state index in [0.29, 0.717) is 0 Å². The number of benzene rings is 2. The Morgan fingerprint density at radius 2 is 1.68 bits per heavy atom. The van der Waals surface area contributed by atoms with Crippen LogP contribution in [0.5, 0.6) is 5.75 Å². The molecule has 0 aliphatic rings. The van der Waals surface area contributed by atoms with Gasteiger partial charge in [-0.15, -0.1) is 0 Å². The average Bonchev–Trinajstić information content (AvgIpc) is 2.57. The van der Waals surface area contributed by atoms with Gasteiger partial charge in [-0.2, -0.15) is 17.6 Å². The number of isothiocyanates is 1. The molecular weight excluding hydrogens is 317 g/mol. The number of thiol groups is 1. The molecule has 2 nitrogen and oxygen atoms in total. The third-order valence-electron chi connectivity index (χ3n) is 2.72.